The predicted molar refractivity (Wildman–Crippen MR) is 112 cm³/mol. The first kappa shape index (κ1) is 17.9. The molecule has 2 N–H and O–H groups in total. The third-order valence-electron chi connectivity index (χ3n) is 6.32. The fraction of sp³-hybridized carbons (Fsp3) is 0.435. The Bertz CT molecular complexity index is 855. The minimum absolute atomic E-state index is 0.148. The molecule has 0 bridgehead atoms. The fourth-order valence-corrected chi connectivity index (χ4v) is 4.82. The van der Waals surface area contributed by atoms with Crippen LogP contribution in [0.15, 0.2) is 54.3 Å². The monoisotopic (exact) mass is 363 g/mol. The van der Waals surface area contributed by atoms with E-state index in [0.717, 1.165) is 44.2 Å². The molecule has 2 aliphatic carbocycles. The number of aromatic amines is 1. The van der Waals surface area contributed by atoms with E-state index in [-0.39, 0.29) is 5.54 Å². The van der Waals surface area contributed by atoms with Crippen LogP contribution in [0.25, 0.3) is 10.9 Å². The molecule has 0 saturated heterocycles. The van der Waals surface area contributed by atoms with Gasteiger partial charge in [0.05, 0.1) is 11.2 Å². The van der Waals surface area contributed by atoms with Crippen LogP contribution >= 0.6 is 0 Å². The molecule has 0 unspecified atom stereocenters. The minimum atomic E-state index is -0.148. The van der Waals surface area contributed by atoms with E-state index in [9.17, 15) is 4.79 Å². The van der Waals surface area contributed by atoms with Gasteiger partial charge in [-0.1, -0.05) is 36.4 Å². The molecule has 1 aromatic carbocycles. The summed E-state index contributed by atoms with van der Waals surface area (Å²) in [7, 11) is 2.13. The Morgan fingerprint density at radius 3 is 2.81 bits per heavy atom. The van der Waals surface area contributed by atoms with E-state index >= 15 is 0 Å². The van der Waals surface area contributed by atoms with Crippen LogP contribution in [0.2, 0.25) is 0 Å². The first-order valence-electron chi connectivity index (χ1n) is 10.1. The van der Waals surface area contributed by atoms with Crippen LogP contribution in [0.4, 0.5) is 5.69 Å². The number of hydrogen-bond donors (Lipinski definition) is 2. The topological polar surface area (TPSA) is 48.1 Å². The molecule has 4 nitrogen and oxygen atoms in total. The normalized spacial score (nSPS) is 25.2. The van der Waals surface area contributed by atoms with E-state index in [1.807, 2.05) is 6.07 Å². The number of amides is 1. The molecule has 2 aromatic rings. The van der Waals surface area contributed by atoms with E-state index in [1.165, 1.54) is 29.5 Å². The molecule has 4 rings (SSSR count). The molecule has 0 aliphatic heterocycles. The minimum Gasteiger partial charge on any atom is -0.371 e. The summed E-state index contributed by atoms with van der Waals surface area (Å²) in [6, 6.07) is 8.37. The van der Waals surface area contributed by atoms with Gasteiger partial charge >= 0.3 is 0 Å². The number of allylic oxidation sites excluding steroid dienone is 4. The highest BCUT2D eigenvalue weighted by atomic mass is 16.1. The molecular weight excluding hydrogens is 334 g/mol. The Balaban J connectivity index is 1.48. The third-order valence-corrected chi connectivity index (χ3v) is 6.32. The highest BCUT2D eigenvalue weighted by Crippen LogP contribution is 2.38. The van der Waals surface area contributed by atoms with Crippen molar-refractivity contribution in [2.45, 2.75) is 44.1 Å². The summed E-state index contributed by atoms with van der Waals surface area (Å²) >= 11 is 0. The van der Waals surface area contributed by atoms with Crippen LogP contribution in [-0.2, 0) is 4.79 Å². The third kappa shape index (κ3) is 3.66. The predicted octanol–water partition coefficient (Wildman–Crippen LogP) is 4.56. The van der Waals surface area contributed by atoms with Gasteiger partial charge in [0.25, 0.3) is 0 Å². The Morgan fingerprint density at radius 1 is 1.26 bits per heavy atom. The van der Waals surface area contributed by atoms with Crippen LogP contribution in [0.1, 0.15) is 38.5 Å². The maximum Gasteiger partial charge on any atom is 0.207 e. The standard InChI is InChI=1S/C23H29N3O/c1-26(22-15-24-21-10-6-5-9-20(21)22)16-23(25-17-27)13-11-19(12-14-23)18-7-3-2-4-8-18/h3,5-10,15,17,19,24H,2,4,11-14,16H2,1H3,(H,25,27). The van der Waals surface area contributed by atoms with E-state index in [4.69, 9.17) is 0 Å². The molecule has 1 amide bonds. The summed E-state index contributed by atoms with van der Waals surface area (Å²) in [6.07, 6.45) is 16.6. The molecule has 4 heteroatoms. The van der Waals surface area contributed by atoms with Gasteiger partial charge in [-0.3, -0.25) is 4.79 Å². The van der Waals surface area contributed by atoms with Crippen molar-refractivity contribution in [3.63, 3.8) is 0 Å². The molecule has 0 atom stereocenters. The Kier molecular flexibility index (Phi) is 5.06. The number of carbonyl (C=O) groups excluding carboxylic acids is 1. The quantitative estimate of drug-likeness (QED) is 0.740. The number of benzene rings is 1. The van der Waals surface area contributed by atoms with Crippen molar-refractivity contribution < 1.29 is 4.79 Å². The lowest BCUT2D eigenvalue weighted by Gasteiger charge is -2.43. The van der Waals surface area contributed by atoms with Crippen molar-refractivity contribution in [3.05, 3.63) is 54.3 Å². The van der Waals surface area contributed by atoms with Crippen LogP contribution < -0.4 is 10.2 Å². The lowest BCUT2D eigenvalue weighted by Crippen LogP contribution is -2.54. The van der Waals surface area contributed by atoms with E-state index in [1.54, 1.807) is 0 Å². The number of aromatic nitrogens is 1. The molecule has 27 heavy (non-hydrogen) atoms. The van der Waals surface area contributed by atoms with Crippen LogP contribution in [0, 0.1) is 5.92 Å². The van der Waals surface area contributed by atoms with Crippen molar-refractivity contribution in [1.29, 1.82) is 0 Å². The maximum absolute atomic E-state index is 11.4. The summed E-state index contributed by atoms with van der Waals surface area (Å²) in [4.78, 5) is 17.0. The van der Waals surface area contributed by atoms with Crippen molar-refractivity contribution in [3.8, 4) is 0 Å². The summed E-state index contributed by atoms with van der Waals surface area (Å²) in [5.74, 6) is 0.640. The largest absolute Gasteiger partial charge is 0.371 e. The van der Waals surface area contributed by atoms with Gasteiger partial charge in [-0.25, -0.2) is 0 Å². The summed E-state index contributed by atoms with van der Waals surface area (Å²) in [6.45, 7) is 0.829. The fourth-order valence-electron chi connectivity index (χ4n) is 4.82. The van der Waals surface area contributed by atoms with Crippen LogP contribution in [0.3, 0.4) is 0 Å². The Hall–Kier alpha value is -2.49. The highest BCUT2D eigenvalue weighted by Gasteiger charge is 2.37. The van der Waals surface area contributed by atoms with Crippen molar-refractivity contribution in [1.82, 2.24) is 10.3 Å². The first-order chi connectivity index (χ1) is 13.2. The zero-order valence-electron chi connectivity index (χ0n) is 16.1. The van der Waals surface area contributed by atoms with Crippen molar-refractivity contribution in [2.75, 3.05) is 18.5 Å². The number of nitrogens with one attached hydrogen (secondary N) is 2. The SMILES string of the molecule is CN(CC1(NC=O)CCC(C2=CCCC=C2)CC1)c1c[nH]c2ccccc12. The maximum atomic E-state index is 11.4. The van der Waals surface area contributed by atoms with Gasteiger partial charge in [0.15, 0.2) is 0 Å². The lowest BCUT2D eigenvalue weighted by molar-refractivity contribution is -0.111. The summed E-state index contributed by atoms with van der Waals surface area (Å²) < 4.78 is 0. The molecular formula is C23H29N3O. The lowest BCUT2D eigenvalue weighted by atomic mass is 9.73. The molecule has 1 saturated carbocycles. The first-order valence-corrected chi connectivity index (χ1v) is 10.1. The number of likely N-dealkylation sites (N-methyl/N-ethyl adjacent to an activating group) is 1. The number of H-pyrrole nitrogens is 1. The number of carbonyl (C=O) groups is 1. The van der Waals surface area contributed by atoms with Crippen LogP contribution in [-0.4, -0.2) is 30.5 Å². The average molecular weight is 364 g/mol. The molecule has 0 radical (unpaired) electrons. The summed E-state index contributed by atoms with van der Waals surface area (Å²) in [5.41, 5.74) is 3.70. The number of fused-ring (bicyclic) bond motifs is 1. The van der Waals surface area contributed by atoms with Gasteiger partial charge in [-0.2, -0.15) is 0 Å². The number of hydrogen-bond acceptors (Lipinski definition) is 2. The van der Waals surface area contributed by atoms with Gasteiger partial charge in [0.2, 0.25) is 6.41 Å². The molecule has 142 valence electrons. The highest BCUT2D eigenvalue weighted by molar-refractivity contribution is 5.92. The molecule has 0 spiro atoms. The van der Waals surface area contributed by atoms with E-state index in [0.29, 0.717) is 5.92 Å². The Morgan fingerprint density at radius 2 is 2.07 bits per heavy atom. The van der Waals surface area contributed by atoms with Crippen LogP contribution in [0.5, 0.6) is 0 Å². The van der Waals surface area contributed by atoms with Gasteiger partial charge in [0.1, 0.15) is 0 Å². The van der Waals surface area contributed by atoms with Gasteiger partial charge in [0, 0.05) is 30.7 Å². The molecule has 1 fully saturated rings. The van der Waals surface area contributed by atoms with Gasteiger partial charge < -0.3 is 15.2 Å². The smallest absolute Gasteiger partial charge is 0.207 e. The number of rotatable bonds is 6. The van der Waals surface area contributed by atoms with E-state index < -0.39 is 0 Å². The van der Waals surface area contributed by atoms with Crippen molar-refractivity contribution in [2.24, 2.45) is 5.92 Å². The molecule has 2 aliphatic rings. The van der Waals surface area contributed by atoms with Gasteiger partial charge in [-0.15, -0.1) is 0 Å². The van der Waals surface area contributed by atoms with Gasteiger partial charge in [-0.05, 0) is 56.1 Å². The zero-order valence-corrected chi connectivity index (χ0v) is 16.1. The molecule has 1 heterocycles. The average Bonchev–Trinajstić information content (AvgIpc) is 3.14. The Labute approximate surface area is 161 Å². The second kappa shape index (κ2) is 7.63. The summed E-state index contributed by atoms with van der Waals surface area (Å²) in [5, 5.41) is 4.42. The van der Waals surface area contributed by atoms with Crippen molar-refractivity contribution >= 4 is 23.0 Å². The zero-order chi connectivity index (χ0) is 18.7. The van der Waals surface area contributed by atoms with E-state index in [2.05, 4.69) is 64.9 Å². The number of nitrogens with zero attached hydrogens (tertiary/aromatic N) is 1. The number of para-hydroxylation sites is 1. The second-order valence-corrected chi connectivity index (χ2v) is 8.08. The number of anilines is 1. The molecule has 1 aromatic heterocycles. The second-order valence-electron chi connectivity index (χ2n) is 8.08.